The number of rotatable bonds is 14. The van der Waals surface area contributed by atoms with Crippen LogP contribution in [0.2, 0.25) is 0 Å². The Morgan fingerprint density at radius 1 is 0.302 bits per heavy atom. The molecule has 8 rings (SSSR count). The van der Waals surface area contributed by atoms with Crippen molar-refractivity contribution in [1.82, 2.24) is 19.9 Å². The summed E-state index contributed by atoms with van der Waals surface area (Å²) in [5, 5.41) is 71.9. The zero-order chi connectivity index (χ0) is 63.0. The van der Waals surface area contributed by atoms with E-state index in [2.05, 4.69) is 19.9 Å². The maximum Gasteiger partial charge on any atom is 3.00 e. The Kier molecular flexibility index (Phi) is 41.4. The molecular weight excluding hydrogens is 1430 g/mol. The second-order valence-electron chi connectivity index (χ2n) is 14.6. The van der Waals surface area contributed by atoms with Gasteiger partial charge in [-0.25, -0.2) is 0 Å². The molecule has 0 atom stereocenters. The van der Waals surface area contributed by atoms with Crippen molar-refractivity contribution in [3.63, 3.8) is 0 Å². The van der Waals surface area contributed by atoms with E-state index < -0.39 is 34.1 Å². The molecule has 0 aliphatic rings. The fraction of sp³-hybridized carbons (Fsp3) is 0.143. The molecule has 4 heterocycles. The minimum Gasteiger partial charge on any atom is -0.545 e. The predicted molar refractivity (Wildman–Crippen MR) is 291 cm³/mol. The molecule has 0 fully saturated rings. The van der Waals surface area contributed by atoms with Gasteiger partial charge in [-0.1, -0.05) is 48.5 Å². The standard InChI is InChI=1S/2C10H8N2.4C9H10O4.2NO3.2Tb/c2*1-3-7-11-9(5-1)10-6-2-4-8-12-10;4*1-12-7-5-3-4-6(9(10)11)8(7)13-2;2*2-1(3)4;;/h2*1-8H;4*3-5H,1-2H3,(H,10,11);;;;/q;;;;;;2*-1;2*+3/p-4. The number of carbonyl (C=O) groups is 4. The molecule has 0 amide bonds. The number of benzene rings is 4. The van der Waals surface area contributed by atoms with Gasteiger partial charge in [-0.05, 0) is 97.1 Å². The van der Waals surface area contributed by atoms with E-state index in [9.17, 15) is 39.6 Å². The second-order valence-corrected chi connectivity index (χ2v) is 14.6. The van der Waals surface area contributed by atoms with Crippen molar-refractivity contribution in [3.05, 3.63) is 223 Å². The summed E-state index contributed by atoms with van der Waals surface area (Å²) in [7, 11) is 11.3. The Labute approximate surface area is 553 Å². The van der Waals surface area contributed by atoms with Crippen LogP contribution in [0.3, 0.4) is 0 Å². The summed E-state index contributed by atoms with van der Waals surface area (Å²) in [5.74, 6) is -2.87. The van der Waals surface area contributed by atoms with Crippen LogP contribution in [0.15, 0.2) is 170 Å². The van der Waals surface area contributed by atoms with Crippen LogP contribution in [-0.2, 0) is 0 Å². The molecule has 0 bridgehead atoms. The average molecular weight is 1480 g/mol. The van der Waals surface area contributed by atoms with E-state index in [0.717, 1.165) is 22.8 Å². The molecule has 8 aromatic rings. The van der Waals surface area contributed by atoms with E-state index in [4.69, 9.17) is 68.5 Å². The minimum atomic E-state index is -1.75. The number of aromatic carboxylic acids is 4. The number of hydrogen-bond acceptors (Lipinski definition) is 26. The SMILES string of the molecule is COc1cccc(C(=O)[O-])c1OC.COc1cccc(C(=O)[O-])c1OC.COc1cccc(C(=O)[O-])c1OC.COc1cccc(C(=O)[O-])c1OC.O=[N+]([O-])[O-].O=[N+]([O-])[O-].[Tb+3].[Tb+3].c1ccc(-c2ccccn2)nc1.c1ccc(-c2ccccn2)nc1. The van der Waals surface area contributed by atoms with E-state index in [1.807, 2.05) is 72.8 Å². The summed E-state index contributed by atoms with van der Waals surface area (Å²) in [6.45, 7) is 0. The van der Waals surface area contributed by atoms with Gasteiger partial charge in [0.05, 0.1) is 114 Å². The monoisotopic (exact) mass is 1480 g/mol. The average Bonchev–Trinajstić information content (AvgIpc) is 3.68. The summed E-state index contributed by atoms with van der Waals surface area (Å²) in [6.07, 6.45) is 7.07. The van der Waals surface area contributed by atoms with Crippen molar-refractivity contribution < 1.29 is 165 Å². The van der Waals surface area contributed by atoms with Crippen LogP contribution >= 0.6 is 0 Å². The van der Waals surface area contributed by atoms with Gasteiger partial charge in [0.1, 0.15) is 0 Å². The number of methoxy groups -OCH3 is 8. The van der Waals surface area contributed by atoms with Gasteiger partial charge in [-0.15, -0.1) is 0 Å². The Morgan fingerprint density at radius 2 is 0.477 bits per heavy atom. The molecule has 4 aromatic carbocycles. The van der Waals surface area contributed by atoms with Crippen LogP contribution in [0.1, 0.15) is 41.4 Å². The number of carbonyl (C=O) groups excluding carboxylic acids is 4. The summed E-state index contributed by atoms with van der Waals surface area (Å²) < 4.78 is 39.2. The van der Waals surface area contributed by atoms with Crippen molar-refractivity contribution >= 4 is 23.9 Å². The largest absolute Gasteiger partial charge is 3.00 e. The van der Waals surface area contributed by atoms with Crippen molar-refractivity contribution in [3.8, 4) is 68.8 Å². The Balaban J connectivity index is 0. The number of ether oxygens (including phenoxy) is 8. The molecule has 0 aliphatic heterocycles. The van der Waals surface area contributed by atoms with Crippen LogP contribution in [0.5, 0.6) is 46.0 Å². The molecule has 30 heteroatoms. The summed E-state index contributed by atoms with van der Waals surface area (Å²) in [6, 6.07) is 41.5. The predicted octanol–water partition coefficient (Wildman–Crippen LogP) is 4.08. The minimum absolute atomic E-state index is 0. The first-order valence-corrected chi connectivity index (χ1v) is 23.2. The first kappa shape index (κ1) is 78.8. The fourth-order valence-electron chi connectivity index (χ4n) is 6.25. The molecule has 4 aromatic heterocycles. The van der Waals surface area contributed by atoms with Crippen molar-refractivity contribution in [1.29, 1.82) is 0 Å². The van der Waals surface area contributed by atoms with E-state index in [-0.39, 0.29) is 122 Å². The summed E-state index contributed by atoms with van der Waals surface area (Å²) in [5.41, 5.74) is 3.61. The number of para-hydroxylation sites is 4. The third kappa shape index (κ3) is 28.8. The third-order valence-corrected chi connectivity index (χ3v) is 9.68. The van der Waals surface area contributed by atoms with Crippen LogP contribution in [0.25, 0.3) is 22.8 Å². The Morgan fingerprint density at radius 3 is 0.593 bits per heavy atom. The van der Waals surface area contributed by atoms with Gasteiger partial charge in [0.15, 0.2) is 46.0 Å². The summed E-state index contributed by atoms with van der Waals surface area (Å²) >= 11 is 0. The van der Waals surface area contributed by atoms with Crippen LogP contribution in [0, 0.1) is 108 Å². The smallest absolute Gasteiger partial charge is 0.545 e. The zero-order valence-electron chi connectivity index (χ0n) is 46.5. The normalized spacial score (nSPS) is 8.93. The van der Waals surface area contributed by atoms with Crippen molar-refractivity contribution in [2.45, 2.75) is 0 Å². The van der Waals surface area contributed by atoms with Gasteiger partial charge >= 0.3 is 77.2 Å². The molecule has 0 radical (unpaired) electrons. The van der Waals surface area contributed by atoms with Gasteiger partial charge in [0, 0.05) is 47.0 Å². The molecule has 0 unspecified atom stereocenters. The number of pyridine rings is 4. The topological polar surface area (TPSA) is 418 Å². The number of hydrogen-bond donors (Lipinski definition) is 0. The first-order valence-electron chi connectivity index (χ1n) is 23.2. The van der Waals surface area contributed by atoms with E-state index in [0.29, 0.717) is 23.0 Å². The Bertz CT molecular complexity index is 2860. The first-order chi connectivity index (χ1) is 40.2. The zero-order valence-corrected chi connectivity index (χ0v) is 50.8. The molecule has 0 saturated carbocycles. The number of nitrogens with zero attached hydrogens (tertiary/aromatic N) is 6. The molecule has 86 heavy (non-hydrogen) atoms. The van der Waals surface area contributed by atoms with Crippen molar-refractivity contribution in [2.24, 2.45) is 0 Å². The second kappa shape index (κ2) is 45.2. The summed E-state index contributed by atoms with van der Waals surface area (Å²) in [4.78, 5) is 75.7. The van der Waals surface area contributed by atoms with E-state index in [1.54, 1.807) is 73.3 Å². The van der Waals surface area contributed by atoms with Gasteiger partial charge in [-0.3, -0.25) is 19.9 Å². The quantitative estimate of drug-likeness (QED) is 0.109. The van der Waals surface area contributed by atoms with Crippen molar-refractivity contribution in [2.75, 3.05) is 56.9 Å². The number of aromatic nitrogens is 4. The molecule has 0 aliphatic carbocycles. The van der Waals surface area contributed by atoms with Gasteiger partial charge < -0.3 is 108 Å². The van der Waals surface area contributed by atoms with Gasteiger partial charge in [-0.2, -0.15) is 0 Å². The molecule has 0 spiro atoms. The maximum absolute atomic E-state index is 10.6. The van der Waals surface area contributed by atoms with Crippen LogP contribution < -0.4 is 58.3 Å². The third-order valence-electron chi connectivity index (χ3n) is 9.68. The van der Waals surface area contributed by atoms with Gasteiger partial charge in [0.25, 0.3) is 0 Å². The molecule has 0 N–H and O–H groups in total. The van der Waals surface area contributed by atoms with E-state index >= 15 is 0 Å². The maximum atomic E-state index is 10.6. The van der Waals surface area contributed by atoms with Crippen LogP contribution in [0.4, 0.5) is 0 Å². The molecular formula is C56H52N6O22Tb2. The number of carboxylic acid groups (broad SMARTS) is 4. The molecule has 28 nitrogen and oxygen atoms in total. The number of carboxylic acids is 4. The molecule has 0 saturated heterocycles. The molecule has 456 valence electrons. The Hall–Kier alpha value is -9.27. The van der Waals surface area contributed by atoms with Crippen LogP contribution in [-0.4, -0.2) is 111 Å². The fourth-order valence-corrected chi connectivity index (χ4v) is 6.25. The van der Waals surface area contributed by atoms with E-state index in [1.165, 1.54) is 81.1 Å². The van der Waals surface area contributed by atoms with Gasteiger partial charge in [0.2, 0.25) is 0 Å².